The third-order valence-electron chi connectivity index (χ3n) is 8.27. The molecule has 45 heavy (non-hydrogen) atoms. The van der Waals surface area contributed by atoms with Crippen LogP contribution in [0.1, 0.15) is 42.9 Å². The summed E-state index contributed by atoms with van der Waals surface area (Å²) < 4.78 is 75.9. The molecular weight excluding hydrogens is 631 g/mol. The van der Waals surface area contributed by atoms with Gasteiger partial charge < -0.3 is 30.1 Å². The van der Waals surface area contributed by atoms with Crippen LogP contribution in [0.4, 0.5) is 22.0 Å². The van der Waals surface area contributed by atoms with E-state index in [0.29, 0.717) is 19.3 Å². The van der Waals surface area contributed by atoms with Gasteiger partial charge in [-0.2, -0.15) is 13.2 Å². The number of aliphatic hydroxyl groups is 4. The molecule has 2 fully saturated rings. The number of aliphatic hydroxyl groups excluding tert-OH is 4. The largest absolute Gasteiger partial charge is 0.416 e. The normalized spacial score (nSPS) is 27.4. The topological polar surface area (TPSA) is 141 Å². The molecule has 2 aliphatic rings. The number of aromatic nitrogens is 3. The predicted octanol–water partition coefficient (Wildman–Crippen LogP) is 3.25. The zero-order valence-electron chi connectivity index (χ0n) is 23.5. The van der Waals surface area contributed by atoms with Gasteiger partial charge in [0, 0.05) is 12.1 Å². The number of benzene rings is 2. The van der Waals surface area contributed by atoms with E-state index in [0.717, 1.165) is 27.8 Å². The Labute approximate surface area is 258 Å². The second-order valence-electron chi connectivity index (χ2n) is 11.1. The van der Waals surface area contributed by atoms with Crippen molar-refractivity contribution in [3.05, 3.63) is 70.4 Å². The summed E-state index contributed by atoms with van der Waals surface area (Å²) in [7, 11) is 0. The second kappa shape index (κ2) is 13.3. The summed E-state index contributed by atoms with van der Waals surface area (Å²) >= 11 is 5.74. The highest BCUT2D eigenvalue weighted by Gasteiger charge is 2.51. The van der Waals surface area contributed by atoms with E-state index in [1.807, 2.05) is 0 Å². The van der Waals surface area contributed by atoms with Gasteiger partial charge >= 0.3 is 6.18 Å². The van der Waals surface area contributed by atoms with Crippen LogP contribution in [-0.2, 0) is 22.3 Å². The highest BCUT2D eigenvalue weighted by molar-refractivity contribution is 6.31. The van der Waals surface area contributed by atoms with Crippen molar-refractivity contribution in [2.24, 2.45) is 0 Å². The lowest BCUT2D eigenvalue weighted by atomic mass is 9.88. The van der Waals surface area contributed by atoms with Crippen molar-refractivity contribution in [3.8, 4) is 11.3 Å². The second-order valence-corrected chi connectivity index (χ2v) is 11.5. The fourth-order valence-corrected chi connectivity index (χ4v) is 6.18. The Morgan fingerprint density at radius 1 is 1.09 bits per heavy atom. The van der Waals surface area contributed by atoms with E-state index in [2.05, 4.69) is 10.3 Å². The first-order chi connectivity index (χ1) is 21.3. The van der Waals surface area contributed by atoms with Crippen LogP contribution in [0.25, 0.3) is 11.3 Å². The monoisotopic (exact) mass is 660 g/mol. The molecule has 5 rings (SSSR count). The molecule has 244 valence electrons. The van der Waals surface area contributed by atoms with Gasteiger partial charge in [-0.3, -0.25) is 4.79 Å². The molecule has 2 aromatic carbocycles. The Hall–Kier alpha value is -3.21. The smallest absolute Gasteiger partial charge is 0.394 e. The Morgan fingerprint density at radius 2 is 1.80 bits per heavy atom. The number of ether oxygens (including phenoxy) is 1. The van der Waals surface area contributed by atoms with E-state index in [-0.39, 0.29) is 23.2 Å². The third-order valence-corrected chi connectivity index (χ3v) is 8.55. The number of hydrogen-bond donors (Lipinski definition) is 4. The number of hydrogen-bond acceptors (Lipinski definition) is 8. The first-order valence-electron chi connectivity index (χ1n) is 14.1. The number of nitrogens with zero attached hydrogens (tertiary/aromatic N) is 4. The van der Waals surface area contributed by atoms with E-state index in [4.69, 9.17) is 16.3 Å². The Morgan fingerprint density at radius 3 is 2.47 bits per heavy atom. The molecule has 0 bridgehead atoms. The average molecular weight is 661 g/mol. The highest BCUT2D eigenvalue weighted by Crippen LogP contribution is 2.37. The van der Waals surface area contributed by atoms with E-state index >= 15 is 0 Å². The SMILES string of the molecule is O=C([C@@H]1O[C@H](CO)[C@H](O)[C@H](n2cc(-c3cc(F)c(F)c(Cl)c3)nn2)[C@H]1O)N(Cc1ccccc1C(F)(F)F)[C@H]1CCCC[C@@H]1O. The number of alkyl halides is 3. The fourth-order valence-electron chi connectivity index (χ4n) is 5.97. The van der Waals surface area contributed by atoms with Gasteiger partial charge in [-0.25, -0.2) is 13.5 Å². The maximum atomic E-state index is 14.1. The fraction of sp³-hybridized carbons (Fsp3) is 0.483. The Balaban J connectivity index is 1.50. The van der Waals surface area contributed by atoms with Crippen molar-refractivity contribution in [2.45, 2.75) is 81.0 Å². The summed E-state index contributed by atoms with van der Waals surface area (Å²) in [4.78, 5) is 15.2. The number of carbonyl (C=O) groups is 1. The highest BCUT2D eigenvalue weighted by atomic mass is 35.5. The number of rotatable bonds is 7. The van der Waals surface area contributed by atoms with Gasteiger partial charge in [-0.05, 0) is 36.6 Å². The van der Waals surface area contributed by atoms with Gasteiger partial charge in [0.15, 0.2) is 17.7 Å². The van der Waals surface area contributed by atoms with Gasteiger partial charge in [0.05, 0.1) is 35.5 Å². The van der Waals surface area contributed by atoms with Crippen LogP contribution in [0.2, 0.25) is 5.02 Å². The van der Waals surface area contributed by atoms with E-state index in [9.17, 15) is 47.2 Å². The number of halogens is 6. The van der Waals surface area contributed by atoms with E-state index in [1.165, 1.54) is 24.4 Å². The summed E-state index contributed by atoms with van der Waals surface area (Å²) in [6.07, 6.45) is -9.71. The predicted molar refractivity (Wildman–Crippen MR) is 147 cm³/mol. The molecule has 16 heteroatoms. The zero-order chi connectivity index (χ0) is 32.6. The lowest BCUT2D eigenvalue weighted by molar-refractivity contribution is -0.214. The van der Waals surface area contributed by atoms with Crippen LogP contribution in [0.3, 0.4) is 0 Å². The van der Waals surface area contributed by atoms with Crippen molar-refractivity contribution in [2.75, 3.05) is 6.61 Å². The molecule has 1 aromatic heterocycles. The summed E-state index contributed by atoms with van der Waals surface area (Å²) in [5, 5.41) is 50.4. The maximum absolute atomic E-state index is 14.1. The van der Waals surface area contributed by atoms with Crippen LogP contribution in [0.5, 0.6) is 0 Å². The van der Waals surface area contributed by atoms with Crippen LogP contribution < -0.4 is 0 Å². The molecule has 1 amide bonds. The first-order valence-corrected chi connectivity index (χ1v) is 14.5. The number of carbonyl (C=O) groups excluding carboxylic acids is 1. The molecule has 7 atom stereocenters. The van der Waals surface area contributed by atoms with Crippen molar-refractivity contribution in [1.29, 1.82) is 0 Å². The Kier molecular flexibility index (Phi) is 9.77. The summed E-state index contributed by atoms with van der Waals surface area (Å²) in [6, 6.07) is 4.15. The summed E-state index contributed by atoms with van der Waals surface area (Å²) in [5.41, 5.74) is -1.26. The van der Waals surface area contributed by atoms with Crippen LogP contribution in [0, 0.1) is 11.6 Å². The minimum Gasteiger partial charge on any atom is -0.394 e. The Bertz CT molecular complexity index is 1500. The van der Waals surface area contributed by atoms with Crippen LogP contribution in [-0.4, -0.2) is 89.4 Å². The average Bonchev–Trinajstić information content (AvgIpc) is 3.48. The molecular formula is C29H30ClF5N4O6. The lowest BCUT2D eigenvalue weighted by Gasteiger charge is -2.45. The molecule has 2 heterocycles. The van der Waals surface area contributed by atoms with Crippen molar-refractivity contribution in [3.63, 3.8) is 0 Å². The minimum absolute atomic E-state index is 0.00770. The van der Waals surface area contributed by atoms with Gasteiger partial charge in [-0.15, -0.1) is 5.10 Å². The van der Waals surface area contributed by atoms with E-state index < -0.39 is 90.1 Å². The van der Waals surface area contributed by atoms with Gasteiger partial charge in [0.1, 0.15) is 30.0 Å². The van der Waals surface area contributed by atoms with Gasteiger partial charge in [-0.1, -0.05) is 47.9 Å². The lowest BCUT2D eigenvalue weighted by Crippen LogP contribution is -2.62. The molecule has 0 unspecified atom stereocenters. The van der Waals surface area contributed by atoms with Gasteiger partial charge in [0.2, 0.25) is 0 Å². The molecule has 3 aromatic rings. The zero-order valence-corrected chi connectivity index (χ0v) is 24.2. The minimum atomic E-state index is -4.74. The van der Waals surface area contributed by atoms with Gasteiger partial charge in [0.25, 0.3) is 5.91 Å². The molecule has 1 saturated carbocycles. The molecule has 1 aliphatic heterocycles. The van der Waals surface area contributed by atoms with Crippen LogP contribution >= 0.6 is 11.6 Å². The molecule has 10 nitrogen and oxygen atoms in total. The van der Waals surface area contributed by atoms with Crippen molar-refractivity contribution in [1.82, 2.24) is 19.9 Å². The third kappa shape index (κ3) is 6.69. The quantitative estimate of drug-likeness (QED) is 0.224. The van der Waals surface area contributed by atoms with Crippen LogP contribution in [0.15, 0.2) is 42.6 Å². The molecule has 0 radical (unpaired) electrons. The standard InChI is InChI=1S/C29H30ClF5N4O6/c30-17-9-15(10-18(31)23(17)32)19-12-39(37-36-19)24-25(42)22(13-40)45-27(26(24)43)28(44)38(20-7-3-4-8-21(20)41)11-14-5-1-2-6-16(14)29(33,34)35/h1-2,5-6,9-10,12,20-22,24-27,40-43H,3-4,7-8,11,13H2/t20-,21-,22+,24-,25-,26+,27+/m0/s1. The first kappa shape index (κ1) is 33.2. The van der Waals surface area contributed by atoms with Crippen molar-refractivity contribution < 1.29 is 51.9 Å². The summed E-state index contributed by atoms with van der Waals surface area (Å²) in [5.74, 6) is -3.52. The summed E-state index contributed by atoms with van der Waals surface area (Å²) in [6.45, 7) is -1.40. The van der Waals surface area contributed by atoms with E-state index in [1.54, 1.807) is 0 Å². The molecule has 4 N–H and O–H groups in total. The molecule has 1 aliphatic carbocycles. The van der Waals surface area contributed by atoms with Crippen molar-refractivity contribution >= 4 is 17.5 Å². The number of amides is 1. The molecule has 1 saturated heterocycles. The maximum Gasteiger partial charge on any atom is 0.416 e. The molecule has 0 spiro atoms.